The van der Waals surface area contributed by atoms with Gasteiger partial charge in [0.2, 0.25) is 0 Å². The molecule has 0 radical (unpaired) electrons. The minimum Gasteiger partial charge on any atom is -0.354 e. The van der Waals surface area contributed by atoms with E-state index in [0.717, 1.165) is 11.6 Å². The van der Waals surface area contributed by atoms with Gasteiger partial charge in [-0.05, 0) is 12.3 Å². The first kappa shape index (κ1) is 9.52. The van der Waals surface area contributed by atoms with Crippen LogP contribution in [0.15, 0.2) is 5.38 Å². The summed E-state index contributed by atoms with van der Waals surface area (Å²) in [7, 11) is 4.05. The zero-order chi connectivity index (χ0) is 9.14. The third-order valence-electron chi connectivity index (χ3n) is 2.01. The average molecular weight is 184 g/mol. The summed E-state index contributed by atoms with van der Waals surface area (Å²) >= 11 is 1.72. The van der Waals surface area contributed by atoms with Gasteiger partial charge in [-0.25, -0.2) is 4.98 Å². The van der Waals surface area contributed by atoms with Crippen molar-refractivity contribution in [2.75, 3.05) is 19.0 Å². The van der Waals surface area contributed by atoms with E-state index >= 15 is 0 Å². The van der Waals surface area contributed by atoms with E-state index in [4.69, 9.17) is 0 Å². The van der Waals surface area contributed by atoms with Gasteiger partial charge in [-0.2, -0.15) is 0 Å². The van der Waals surface area contributed by atoms with E-state index in [1.54, 1.807) is 11.3 Å². The van der Waals surface area contributed by atoms with Gasteiger partial charge in [0.25, 0.3) is 0 Å². The van der Waals surface area contributed by atoms with Crippen LogP contribution >= 0.6 is 11.3 Å². The van der Waals surface area contributed by atoms with E-state index in [-0.39, 0.29) is 0 Å². The first-order valence-electron chi connectivity index (χ1n) is 4.28. The van der Waals surface area contributed by atoms with Crippen molar-refractivity contribution in [1.82, 2.24) is 4.98 Å². The van der Waals surface area contributed by atoms with Gasteiger partial charge in [0.15, 0.2) is 5.13 Å². The smallest absolute Gasteiger partial charge is 0.184 e. The van der Waals surface area contributed by atoms with Crippen LogP contribution in [0.4, 0.5) is 5.13 Å². The second-order valence-electron chi connectivity index (χ2n) is 3.26. The summed E-state index contributed by atoms with van der Waals surface area (Å²) in [6, 6.07) is 0. The van der Waals surface area contributed by atoms with Gasteiger partial charge in [-0.15, -0.1) is 11.3 Å². The van der Waals surface area contributed by atoms with Gasteiger partial charge >= 0.3 is 0 Å². The van der Waals surface area contributed by atoms with Gasteiger partial charge in [0.05, 0.1) is 5.69 Å². The Labute approximate surface area is 78.2 Å². The summed E-state index contributed by atoms with van der Waals surface area (Å²) in [6.45, 7) is 4.41. The minimum absolute atomic E-state index is 0.593. The van der Waals surface area contributed by atoms with E-state index in [1.807, 2.05) is 14.1 Å². The first-order valence-corrected chi connectivity index (χ1v) is 5.15. The fourth-order valence-corrected chi connectivity index (χ4v) is 1.80. The highest BCUT2D eigenvalue weighted by Gasteiger charge is 2.08. The van der Waals surface area contributed by atoms with Crippen LogP contribution in [0.3, 0.4) is 0 Å². The molecule has 0 fully saturated rings. The van der Waals surface area contributed by atoms with E-state index in [0.29, 0.717) is 5.92 Å². The monoisotopic (exact) mass is 184 g/mol. The molecule has 12 heavy (non-hydrogen) atoms. The molecule has 3 heteroatoms. The van der Waals surface area contributed by atoms with Crippen molar-refractivity contribution in [1.29, 1.82) is 0 Å². The second kappa shape index (κ2) is 3.90. The number of nitrogens with zero attached hydrogens (tertiary/aromatic N) is 2. The van der Waals surface area contributed by atoms with Gasteiger partial charge < -0.3 is 4.90 Å². The van der Waals surface area contributed by atoms with Crippen LogP contribution < -0.4 is 4.90 Å². The van der Waals surface area contributed by atoms with Gasteiger partial charge in [-0.3, -0.25) is 0 Å². The van der Waals surface area contributed by atoms with E-state index in [9.17, 15) is 0 Å². The number of thiazole rings is 1. The maximum atomic E-state index is 4.52. The third kappa shape index (κ3) is 1.97. The first-order chi connectivity index (χ1) is 5.65. The third-order valence-corrected chi connectivity index (χ3v) is 3.04. The SMILES string of the molecule is CCC(C)c1csc(N(C)C)n1. The lowest BCUT2D eigenvalue weighted by molar-refractivity contribution is 0.713. The normalized spacial score (nSPS) is 13.0. The van der Waals surface area contributed by atoms with Crippen molar-refractivity contribution in [3.05, 3.63) is 11.1 Å². The highest BCUT2D eigenvalue weighted by Crippen LogP contribution is 2.24. The van der Waals surface area contributed by atoms with E-state index < -0.39 is 0 Å². The molecular formula is C9H16N2S. The van der Waals surface area contributed by atoms with Crippen LogP contribution in [0.5, 0.6) is 0 Å². The molecule has 0 spiro atoms. The Morgan fingerprint density at radius 3 is 2.67 bits per heavy atom. The van der Waals surface area contributed by atoms with Crippen LogP contribution in [-0.4, -0.2) is 19.1 Å². The second-order valence-corrected chi connectivity index (χ2v) is 4.10. The summed E-state index contributed by atoms with van der Waals surface area (Å²) in [4.78, 5) is 6.58. The predicted octanol–water partition coefficient (Wildman–Crippen LogP) is 2.72. The minimum atomic E-state index is 0.593. The molecule has 0 saturated carbocycles. The molecule has 1 heterocycles. The van der Waals surface area contributed by atoms with Crippen LogP contribution in [0.25, 0.3) is 0 Å². The molecule has 0 aromatic carbocycles. The molecular weight excluding hydrogens is 168 g/mol. The molecule has 0 aliphatic carbocycles. The average Bonchev–Trinajstić information content (AvgIpc) is 2.51. The summed E-state index contributed by atoms with van der Waals surface area (Å²) in [5, 5.41) is 3.26. The summed E-state index contributed by atoms with van der Waals surface area (Å²) < 4.78 is 0. The molecule has 0 amide bonds. The Morgan fingerprint density at radius 1 is 1.58 bits per heavy atom. The zero-order valence-electron chi connectivity index (χ0n) is 8.16. The lowest BCUT2D eigenvalue weighted by atomic mass is 10.1. The van der Waals surface area contributed by atoms with Crippen molar-refractivity contribution in [3.63, 3.8) is 0 Å². The van der Waals surface area contributed by atoms with E-state index in [2.05, 4.69) is 29.1 Å². The maximum absolute atomic E-state index is 4.52. The van der Waals surface area contributed by atoms with Crippen molar-refractivity contribution in [2.45, 2.75) is 26.2 Å². The van der Waals surface area contributed by atoms with Crippen molar-refractivity contribution >= 4 is 16.5 Å². The van der Waals surface area contributed by atoms with Crippen LogP contribution in [0.1, 0.15) is 31.9 Å². The highest BCUT2D eigenvalue weighted by molar-refractivity contribution is 7.13. The Morgan fingerprint density at radius 2 is 2.25 bits per heavy atom. The van der Waals surface area contributed by atoms with Crippen LogP contribution in [0, 0.1) is 0 Å². The number of rotatable bonds is 3. The molecule has 0 saturated heterocycles. The van der Waals surface area contributed by atoms with Crippen molar-refractivity contribution in [2.24, 2.45) is 0 Å². The molecule has 1 atom stereocenters. The highest BCUT2D eigenvalue weighted by atomic mass is 32.1. The molecule has 1 unspecified atom stereocenters. The summed E-state index contributed by atoms with van der Waals surface area (Å²) in [5.41, 5.74) is 1.23. The summed E-state index contributed by atoms with van der Waals surface area (Å²) in [5.74, 6) is 0.593. The Kier molecular flexibility index (Phi) is 3.09. The van der Waals surface area contributed by atoms with Gasteiger partial charge in [-0.1, -0.05) is 13.8 Å². The van der Waals surface area contributed by atoms with Crippen LogP contribution in [0.2, 0.25) is 0 Å². The topological polar surface area (TPSA) is 16.1 Å². The maximum Gasteiger partial charge on any atom is 0.184 e. The fourth-order valence-electron chi connectivity index (χ4n) is 0.917. The van der Waals surface area contributed by atoms with Gasteiger partial charge in [0.1, 0.15) is 0 Å². The Hall–Kier alpha value is -0.570. The lowest BCUT2D eigenvalue weighted by Gasteiger charge is -2.07. The molecule has 1 rings (SSSR count). The zero-order valence-corrected chi connectivity index (χ0v) is 8.98. The number of hydrogen-bond acceptors (Lipinski definition) is 3. The summed E-state index contributed by atoms with van der Waals surface area (Å²) in [6.07, 6.45) is 1.16. The number of anilines is 1. The van der Waals surface area contributed by atoms with E-state index in [1.165, 1.54) is 5.69 Å². The largest absolute Gasteiger partial charge is 0.354 e. The molecule has 0 N–H and O–H groups in total. The fraction of sp³-hybridized carbons (Fsp3) is 0.667. The molecule has 68 valence electrons. The molecule has 1 aromatic heterocycles. The molecule has 1 aromatic rings. The van der Waals surface area contributed by atoms with Gasteiger partial charge in [0, 0.05) is 19.5 Å². The molecule has 0 aliphatic heterocycles. The predicted molar refractivity (Wildman–Crippen MR) is 55.1 cm³/mol. The standard InChI is InChI=1S/C9H16N2S/c1-5-7(2)8-6-12-9(10-8)11(3)4/h6-7H,5H2,1-4H3. The quantitative estimate of drug-likeness (QED) is 0.718. The molecule has 0 aliphatic rings. The molecule has 0 bridgehead atoms. The molecule has 2 nitrogen and oxygen atoms in total. The Balaban J connectivity index is 2.77. The number of hydrogen-bond donors (Lipinski definition) is 0. The lowest BCUT2D eigenvalue weighted by Crippen LogP contribution is -2.08. The number of aromatic nitrogens is 1. The van der Waals surface area contributed by atoms with Crippen molar-refractivity contribution in [3.8, 4) is 0 Å². The Bertz CT molecular complexity index is 242. The van der Waals surface area contributed by atoms with Crippen molar-refractivity contribution < 1.29 is 0 Å². The van der Waals surface area contributed by atoms with Crippen LogP contribution in [-0.2, 0) is 0 Å².